The lowest BCUT2D eigenvalue weighted by Crippen LogP contribution is -2.47. The van der Waals surface area contributed by atoms with Crippen molar-refractivity contribution < 1.29 is 4.39 Å². The highest BCUT2D eigenvalue weighted by atomic mass is 127. The van der Waals surface area contributed by atoms with Gasteiger partial charge < -0.3 is 16.0 Å². The third-order valence-electron chi connectivity index (χ3n) is 4.31. The summed E-state index contributed by atoms with van der Waals surface area (Å²) in [5.41, 5.74) is 7.93. The molecule has 1 aliphatic heterocycles. The predicted octanol–water partition coefficient (Wildman–Crippen LogP) is 2.99. The molecule has 0 spiro atoms. The van der Waals surface area contributed by atoms with Crippen molar-refractivity contribution in [2.45, 2.75) is 0 Å². The lowest BCUT2D eigenvalue weighted by Gasteiger charge is -2.35. The quantitative estimate of drug-likeness (QED) is 0.402. The highest BCUT2D eigenvalue weighted by Crippen LogP contribution is 2.16. The van der Waals surface area contributed by atoms with Crippen LogP contribution in [0.2, 0.25) is 0 Å². The summed E-state index contributed by atoms with van der Waals surface area (Å²) in [7, 11) is 0. The molecule has 2 aromatic rings. The molecule has 0 amide bonds. The van der Waals surface area contributed by atoms with Crippen LogP contribution in [0.15, 0.2) is 59.6 Å². The summed E-state index contributed by atoms with van der Waals surface area (Å²) in [6.45, 7) is 5.37. The first kappa shape index (κ1) is 20.4. The second-order valence-electron chi connectivity index (χ2n) is 6.06. The number of aliphatic imine (C=N–C) groups is 1. The second-order valence-corrected chi connectivity index (χ2v) is 6.06. The second kappa shape index (κ2) is 10.3. The molecule has 0 unspecified atom stereocenters. The van der Waals surface area contributed by atoms with Gasteiger partial charge in [-0.05, 0) is 36.4 Å². The fraction of sp³-hybridized carbons (Fsp3) is 0.316. The molecule has 1 aliphatic rings. The van der Waals surface area contributed by atoms with Crippen LogP contribution in [-0.2, 0) is 0 Å². The number of halogens is 2. The topological polar surface area (TPSA) is 56.9 Å². The van der Waals surface area contributed by atoms with E-state index in [1.807, 2.05) is 42.5 Å². The molecule has 0 saturated carbocycles. The lowest BCUT2D eigenvalue weighted by molar-refractivity contribution is 0.265. The molecule has 0 aliphatic carbocycles. The van der Waals surface area contributed by atoms with Crippen molar-refractivity contribution in [2.24, 2.45) is 10.7 Å². The summed E-state index contributed by atoms with van der Waals surface area (Å²) in [5, 5.41) is 3.08. The van der Waals surface area contributed by atoms with E-state index in [2.05, 4.69) is 20.1 Å². The van der Waals surface area contributed by atoms with Crippen LogP contribution in [0.1, 0.15) is 0 Å². The summed E-state index contributed by atoms with van der Waals surface area (Å²) >= 11 is 0. The Hall–Kier alpha value is -1.87. The first-order valence-corrected chi connectivity index (χ1v) is 8.55. The largest absolute Gasteiger partial charge is 0.370 e. The molecule has 0 bridgehead atoms. The Morgan fingerprint density at radius 3 is 2.31 bits per heavy atom. The smallest absolute Gasteiger partial charge is 0.193 e. The number of nitrogens with one attached hydrogen (secondary N) is 1. The summed E-state index contributed by atoms with van der Waals surface area (Å²) in [6.07, 6.45) is 0. The van der Waals surface area contributed by atoms with E-state index in [0.29, 0.717) is 12.5 Å². The Morgan fingerprint density at radius 1 is 1.00 bits per heavy atom. The zero-order chi connectivity index (χ0) is 17.5. The number of benzene rings is 2. The Labute approximate surface area is 171 Å². The maximum absolute atomic E-state index is 13.0. The maximum Gasteiger partial charge on any atom is 0.193 e. The van der Waals surface area contributed by atoms with Gasteiger partial charge in [-0.25, -0.2) is 4.39 Å². The number of nitrogens with two attached hydrogens (primary N) is 1. The van der Waals surface area contributed by atoms with Crippen LogP contribution in [0.5, 0.6) is 0 Å². The SMILES string of the molecule is I.NC(=NCCN1CCN(c2ccc(F)cc2)CC1)Nc1ccccc1. The van der Waals surface area contributed by atoms with Crippen molar-refractivity contribution in [2.75, 3.05) is 49.5 Å². The summed E-state index contributed by atoms with van der Waals surface area (Å²) in [5.74, 6) is 0.248. The molecule has 0 radical (unpaired) electrons. The van der Waals surface area contributed by atoms with E-state index in [0.717, 1.165) is 44.1 Å². The van der Waals surface area contributed by atoms with Crippen LogP contribution in [0.25, 0.3) is 0 Å². The molecule has 1 heterocycles. The molecule has 1 fully saturated rings. The number of anilines is 2. The van der Waals surface area contributed by atoms with Gasteiger partial charge in [0.25, 0.3) is 0 Å². The molecule has 140 valence electrons. The van der Waals surface area contributed by atoms with Gasteiger partial charge in [-0.2, -0.15) is 0 Å². The number of para-hydroxylation sites is 1. The Balaban J connectivity index is 0.00000243. The number of hydrogen-bond acceptors (Lipinski definition) is 3. The van der Waals surface area contributed by atoms with Gasteiger partial charge in [0.15, 0.2) is 5.96 Å². The van der Waals surface area contributed by atoms with Gasteiger partial charge in [-0.3, -0.25) is 9.89 Å². The van der Waals surface area contributed by atoms with E-state index < -0.39 is 0 Å². The number of hydrogen-bond donors (Lipinski definition) is 2. The average Bonchev–Trinajstić information content (AvgIpc) is 2.64. The fourth-order valence-corrected chi connectivity index (χ4v) is 2.90. The van der Waals surface area contributed by atoms with Crippen LogP contribution >= 0.6 is 24.0 Å². The van der Waals surface area contributed by atoms with Crippen molar-refractivity contribution >= 4 is 41.3 Å². The average molecular weight is 469 g/mol. The van der Waals surface area contributed by atoms with Crippen molar-refractivity contribution in [1.82, 2.24) is 4.90 Å². The first-order chi connectivity index (χ1) is 12.2. The normalized spacial score (nSPS) is 15.4. The number of nitrogens with zero attached hydrogens (tertiary/aromatic N) is 3. The van der Waals surface area contributed by atoms with E-state index in [4.69, 9.17) is 5.73 Å². The molecule has 26 heavy (non-hydrogen) atoms. The van der Waals surface area contributed by atoms with Crippen LogP contribution in [0.4, 0.5) is 15.8 Å². The molecule has 3 rings (SSSR count). The van der Waals surface area contributed by atoms with Gasteiger partial charge in [-0.15, -0.1) is 24.0 Å². The molecule has 0 aromatic heterocycles. The molecular formula is C19H25FIN5. The third kappa shape index (κ3) is 6.14. The van der Waals surface area contributed by atoms with Gasteiger partial charge >= 0.3 is 0 Å². The van der Waals surface area contributed by atoms with E-state index >= 15 is 0 Å². The van der Waals surface area contributed by atoms with E-state index in [-0.39, 0.29) is 29.8 Å². The van der Waals surface area contributed by atoms with Gasteiger partial charge in [0.2, 0.25) is 0 Å². The molecule has 7 heteroatoms. The fourth-order valence-electron chi connectivity index (χ4n) is 2.90. The highest BCUT2D eigenvalue weighted by molar-refractivity contribution is 14.0. The molecule has 1 saturated heterocycles. The van der Waals surface area contributed by atoms with Crippen LogP contribution < -0.4 is 16.0 Å². The number of piperazine rings is 1. The van der Waals surface area contributed by atoms with Crippen molar-refractivity contribution in [1.29, 1.82) is 0 Å². The van der Waals surface area contributed by atoms with Crippen LogP contribution in [-0.4, -0.2) is 50.1 Å². The summed E-state index contributed by atoms with van der Waals surface area (Å²) < 4.78 is 13.0. The monoisotopic (exact) mass is 469 g/mol. The summed E-state index contributed by atoms with van der Waals surface area (Å²) in [6, 6.07) is 16.5. The minimum Gasteiger partial charge on any atom is -0.370 e. The van der Waals surface area contributed by atoms with Gasteiger partial charge in [-0.1, -0.05) is 18.2 Å². The Bertz CT molecular complexity index is 685. The summed E-state index contributed by atoms with van der Waals surface area (Å²) in [4.78, 5) is 9.04. The van der Waals surface area contributed by atoms with Gasteiger partial charge in [0.1, 0.15) is 5.82 Å². The number of rotatable bonds is 5. The van der Waals surface area contributed by atoms with Crippen molar-refractivity contribution in [3.8, 4) is 0 Å². The third-order valence-corrected chi connectivity index (χ3v) is 4.31. The minimum atomic E-state index is -0.193. The number of guanidine groups is 1. The zero-order valence-corrected chi connectivity index (χ0v) is 17.0. The molecule has 5 nitrogen and oxygen atoms in total. The molecule has 3 N–H and O–H groups in total. The Morgan fingerprint density at radius 2 is 1.65 bits per heavy atom. The van der Waals surface area contributed by atoms with Gasteiger partial charge in [0, 0.05) is 44.1 Å². The standard InChI is InChI=1S/C19H24FN5.HI/c20-16-6-8-18(9-7-16)25-14-12-24(13-15-25)11-10-22-19(21)23-17-4-2-1-3-5-17;/h1-9H,10-15H2,(H3,21,22,23);1H. The minimum absolute atomic E-state index is 0. The molecular weight excluding hydrogens is 444 g/mol. The zero-order valence-electron chi connectivity index (χ0n) is 14.6. The van der Waals surface area contributed by atoms with E-state index in [9.17, 15) is 4.39 Å². The predicted molar refractivity (Wildman–Crippen MR) is 117 cm³/mol. The lowest BCUT2D eigenvalue weighted by atomic mass is 10.2. The Kier molecular flexibility index (Phi) is 8.11. The van der Waals surface area contributed by atoms with E-state index in [1.54, 1.807) is 0 Å². The van der Waals surface area contributed by atoms with Gasteiger partial charge in [0.05, 0.1) is 6.54 Å². The molecule has 0 atom stereocenters. The van der Waals surface area contributed by atoms with Crippen LogP contribution in [0.3, 0.4) is 0 Å². The first-order valence-electron chi connectivity index (χ1n) is 8.55. The van der Waals surface area contributed by atoms with Crippen LogP contribution in [0, 0.1) is 5.82 Å². The molecule has 2 aromatic carbocycles. The highest BCUT2D eigenvalue weighted by Gasteiger charge is 2.16. The van der Waals surface area contributed by atoms with Crippen molar-refractivity contribution in [3.05, 3.63) is 60.4 Å². The van der Waals surface area contributed by atoms with E-state index in [1.165, 1.54) is 12.1 Å². The van der Waals surface area contributed by atoms with Crippen molar-refractivity contribution in [3.63, 3.8) is 0 Å². The maximum atomic E-state index is 13.0.